The van der Waals surface area contributed by atoms with Crippen LogP contribution in [0.2, 0.25) is 0 Å². The molecule has 1 rings (SSSR count). The fraction of sp³-hybridized carbons (Fsp3) is 0.875. The van der Waals surface area contributed by atoms with Crippen LogP contribution in [0.25, 0.3) is 0 Å². The van der Waals surface area contributed by atoms with Gasteiger partial charge in [0, 0.05) is 13.0 Å². The molecule has 1 unspecified atom stereocenters. The number of ether oxygens (including phenoxy) is 1. The molecule has 3 N–H and O–H groups in total. The average molecular weight is 208 g/mol. The summed E-state index contributed by atoms with van der Waals surface area (Å²) in [7, 11) is 0. The first-order valence-corrected chi connectivity index (χ1v) is 4.51. The molecule has 0 bridgehead atoms. The number of halogens is 2. The number of carbonyl (C=O) groups is 1. The Morgan fingerprint density at radius 3 is 2.79 bits per heavy atom. The van der Waals surface area contributed by atoms with E-state index < -0.39 is 24.5 Å². The molecule has 1 heterocycles. The highest BCUT2D eigenvalue weighted by Crippen LogP contribution is 2.27. The van der Waals surface area contributed by atoms with E-state index in [0.29, 0.717) is 12.8 Å². The molecule has 6 heteroatoms. The summed E-state index contributed by atoms with van der Waals surface area (Å²) in [5, 5.41) is 2.92. The number of nitrogens with two attached hydrogens (primary N) is 1. The van der Waals surface area contributed by atoms with Crippen molar-refractivity contribution in [2.24, 2.45) is 5.73 Å². The van der Waals surface area contributed by atoms with Crippen molar-refractivity contribution >= 4 is 6.09 Å². The smallest absolute Gasteiger partial charge is 0.405 e. The first-order valence-electron chi connectivity index (χ1n) is 4.51. The second-order valence-corrected chi connectivity index (χ2v) is 3.48. The fourth-order valence-corrected chi connectivity index (χ4v) is 1.74. The molecular weight excluding hydrogens is 194 g/mol. The van der Waals surface area contributed by atoms with Gasteiger partial charge in [0.15, 0.2) is 0 Å². The highest BCUT2D eigenvalue weighted by molar-refractivity contribution is 5.65. The zero-order chi connectivity index (χ0) is 10.6. The van der Waals surface area contributed by atoms with Crippen LogP contribution < -0.4 is 11.1 Å². The zero-order valence-electron chi connectivity index (χ0n) is 7.76. The first kappa shape index (κ1) is 11.2. The lowest BCUT2D eigenvalue weighted by atomic mass is 9.90. The number of nitrogens with one attached hydrogen (secondary N) is 1. The van der Waals surface area contributed by atoms with Gasteiger partial charge in [-0.2, -0.15) is 0 Å². The molecule has 82 valence electrons. The molecule has 0 aliphatic carbocycles. The van der Waals surface area contributed by atoms with E-state index in [1.54, 1.807) is 0 Å². The van der Waals surface area contributed by atoms with Crippen molar-refractivity contribution in [1.82, 2.24) is 5.32 Å². The van der Waals surface area contributed by atoms with Crippen molar-refractivity contribution < 1.29 is 18.3 Å². The molecule has 0 spiro atoms. The summed E-state index contributed by atoms with van der Waals surface area (Å²) in [5.41, 5.74) is 3.74. The normalized spacial score (nSPS) is 27.6. The fourth-order valence-electron chi connectivity index (χ4n) is 1.74. The van der Waals surface area contributed by atoms with Gasteiger partial charge in [-0.3, -0.25) is 0 Å². The Morgan fingerprint density at radius 1 is 1.64 bits per heavy atom. The minimum Gasteiger partial charge on any atom is -0.442 e. The van der Waals surface area contributed by atoms with Crippen LogP contribution in [0.4, 0.5) is 13.6 Å². The summed E-state index contributed by atoms with van der Waals surface area (Å²) in [4.78, 5) is 10.6. The van der Waals surface area contributed by atoms with E-state index in [0.717, 1.165) is 6.54 Å². The van der Waals surface area contributed by atoms with E-state index >= 15 is 0 Å². The Hall–Kier alpha value is -0.910. The maximum absolute atomic E-state index is 12.3. The number of carbonyl (C=O) groups excluding carboxylic acids is 1. The molecule has 0 aromatic heterocycles. The topological polar surface area (TPSA) is 64.4 Å². The Morgan fingerprint density at radius 2 is 2.36 bits per heavy atom. The van der Waals surface area contributed by atoms with Gasteiger partial charge in [0.2, 0.25) is 6.43 Å². The molecular formula is C8H14F2N2O2. The molecule has 1 fully saturated rings. The Labute approximate surface area is 80.8 Å². The van der Waals surface area contributed by atoms with Gasteiger partial charge in [-0.25, -0.2) is 13.6 Å². The van der Waals surface area contributed by atoms with Crippen molar-refractivity contribution in [3.63, 3.8) is 0 Å². The molecule has 0 aromatic rings. The molecule has 1 saturated heterocycles. The average Bonchev–Trinajstić information content (AvgIpc) is 2.01. The predicted octanol–water partition coefficient (Wildman–Crippen LogP) is 0.859. The van der Waals surface area contributed by atoms with Crippen LogP contribution in [-0.4, -0.2) is 31.2 Å². The monoisotopic (exact) mass is 208 g/mol. The molecule has 4 nitrogen and oxygen atoms in total. The summed E-state index contributed by atoms with van der Waals surface area (Å²) in [6.07, 6.45) is -2.79. The summed E-state index contributed by atoms with van der Waals surface area (Å²) < 4.78 is 29.3. The van der Waals surface area contributed by atoms with Crippen LogP contribution in [0, 0.1) is 0 Å². The van der Waals surface area contributed by atoms with Gasteiger partial charge in [-0.1, -0.05) is 0 Å². The number of hydrogen-bond donors (Lipinski definition) is 2. The first-order chi connectivity index (χ1) is 6.54. The van der Waals surface area contributed by atoms with Crippen molar-refractivity contribution in [2.75, 3.05) is 13.1 Å². The third-order valence-corrected chi connectivity index (χ3v) is 2.28. The lowest BCUT2D eigenvalue weighted by Gasteiger charge is -2.36. The summed E-state index contributed by atoms with van der Waals surface area (Å²) in [6, 6.07) is 0. The van der Waals surface area contributed by atoms with Gasteiger partial charge in [-0.15, -0.1) is 0 Å². The Kier molecular flexibility index (Phi) is 3.62. The van der Waals surface area contributed by atoms with Crippen LogP contribution in [0.1, 0.15) is 19.3 Å². The van der Waals surface area contributed by atoms with Crippen LogP contribution >= 0.6 is 0 Å². The van der Waals surface area contributed by atoms with Gasteiger partial charge in [0.05, 0.1) is 0 Å². The van der Waals surface area contributed by atoms with Crippen LogP contribution in [0.15, 0.2) is 0 Å². The molecule has 1 amide bonds. The molecule has 0 saturated carbocycles. The number of primary amides is 1. The maximum atomic E-state index is 12.3. The predicted molar refractivity (Wildman–Crippen MR) is 46.1 cm³/mol. The summed E-state index contributed by atoms with van der Waals surface area (Å²) in [5.74, 6) is 0. The van der Waals surface area contributed by atoms with E-state index in [9.17, 15) is 13.6 Å². The van der Waals surface area contributed by atoms with Crippen molar-refractivity contribution in [2.45, 2.75) is 31.3 Å². The van der Waals surface area contributed by atoms with E-state index in [4.69, 9.17) is 10.5 Å². The number of amides is 1. The highest BCUT2D eigenvalue weighted by atomic mass is 19.3. The molecule has 1 aliphatic heterocycles. The molecule has 0 aromatic carbocycles. The minimum absolute atomic E-state index is 0.250. The Balaban J connectivity index is 2.61. The number of hydrogen-bond acceptors (Lipinski definition) is 3. The van der Waals surface area contributed by atoms with Gasteiger partial charge in [-0.05, 0) is 19.4 Å². The molecule has 14 heavy (non-hydrogen) atoms. The summed E-state index contributed by atoms with van der Waals surface area (Å²) >= 11 is 0. The van der Waals surface area contributed by atoms with Gasteiger partial charge in [0.25, 0.3) is 0 Å². The third-order valence-electron chi connectivity index (χ3n) is 2.28. The Bertz CT molecular complexity index is 206. The number of alkyl halides is 2. The standard InChI is InChI=1S/C8H14F2N2O2/c9-6(10)4-8(14-7(11)13)2-1-3-12-5-8/h6,12H,1-5H2,(H2,11,13). The largest absolute Gasteiger partial charge is 0.442 e. The van der Waals surface area contributed by atoms with Crippen molar-refractivity contribution in [3.05, 3.63) is 0 Å². The van der Waals surface area contributed by atoms with E-state index in [2.05, 4.69) is 5.32 Å². The van der Waals surface area contributed by atoms with Crippen LogP contribution in [0.5, 0.6) is 0 Å². The summed E-state index contributed by atoms with van der Waals surface area (Å²) in [6.45, 7) is 1.01. The zero-order valence-corrected chi connectivity index (χ0v) is 7.76. The van der Waals surface area contributed by atoms with E-state index in [1.165, 1.54) is 0 Å². The second-order valence-electron chi connectivity index (χ2n) is 3.48. The van der Waals surface area contributed by atoms with Gasteiger partial charge < -0.3 is 15.8 Å². The van der Waals surface area contributed by atoms with Gasteiger partial charge >= 0.3 is 6.09 Å². The SMILES string of the molecule is NC(=O)OC1(CC(F)F)CCCNC1. The van der Waals surface area contributed by atoms with Crippen LogP contribution in [-0.2, 0) is 4.74 Å². The van der Waals surface area contributed by atoms with Crippen molar-refractivity contribution in [1.29, 1.82) is 0 Å². The second kappa shape index (κ2) is 4.54. The number of piperidine rings is 1. The molecule has 1 atom stereocenters. The third kappa shape index (κ3) is 3.10. The lowest BCUT2D eigenvalue weighted by Crippen LogP contribution is -2.50. The van der Waals surface area contributed by atoms with Gasteiger partial charge in [0.1, 0.15) is 5.60 Å². The molecule has 0 radical (unpaired) electrons. The highest BCUT2D eigenvalue weighted by Gasteiger charge is 2.38. The quantitative estimate of drug-likeness (QED) is 0.723. The maximum Gasteiger partial charge on any atom is 0.405 e. The van der Waals surface area contributed by atoms with Crippen LogP contribution in [0.3, 0.4) is 0 Å². The number of rotatable bonds is 3. The minimum atomic E-state index is -2.49. The van der Waals surface area contributed by atoms with E-state index in [-0.39, 0.29) is 6.54 Å². The molecule has 1 aliphatic rings. The lowest BCUT2D eigenvalue weighted by molar-refractivity contribution is -0.0451. The van der Waals surface area contributed by atoms with E-state index in [1.807, 2.05) is 0 Å². The van der Waals surface area contributed by atoms with Crippen molar-refractivity contribution in [3.8, 4) is 0 Å².